The molecule has 2 aromatic heterocycles. The van der Waals surface area contributed by atoms with E-state index in [0.717, 1.165) is 5.56 Å². The number of hydrogen-bond acceptors (Lipinski definition) is 3. The van der Waals surface area contributed by atoms with E-state index in [1.807, 2.05) is 42.5 Å². The molecule has 2 heterocycles. The van der Waals surface area contributed by atoms with Gasteiger partial charge in [0.05, 0.1) is 22.7 Å². The third-order valence-electron chi connectivity index (χ3n) is 4.33. The summed E-state index contributed by atoms with van der Waals surface area (Å²) < 4.78 is 14.7. The third-order valence-corrected chi connectivity index (χ3v) is 4.33. The quantitative estimate of drug-likeness (QED) is 0.536. The minimum absolute atomic E-state index is 0.261. The van der Waals surface area contributed by atoms with Crippen molar-refractivity contribution in [2.24, 2.45) is 4.99 Å². The molecule has 0 amide bonds. The Morgan fingerprint density at radius 3 is 2.39 bits per heavy atom. The van der Waals surface area contributed by atoms with E-state index < -0.39 is 0 Å². The Morgan fingerprint density at radius 1 is 1.00 bits per heavy atom. The standard InChI is InChI=1S/C22H17FN4O/c1-15(25-19-9-5-6-14-24-19)20-21(16-7-3-2-4-8-16)26-27(22(20)28)18-12-10-17(23)11-13-18/h2-14,26H,1H3/b25-15+. The number of aromatic amines is 1. The summed E-state index contributed by atoms with van der Waals surface area (Å²) in [5.41, 5.74) is 2.77. The predicted molar refractivity (Wildman–Crippen MR) is 108 cm³/mol. The van der Waals surface area contributed by atoms with Gasteiger partial charge in [0.2, 0.25) is 0 Å². The van der Waals surface area contributed by atoms with E-state index in [4.69, 9.17) is 0 Å². The zero-order valence-corrected chi connectivity index (χ0v) is 15.1. The molecule has 138 valence electrons. The van der Waals surface area contributed by atoms with Gasteiger partial charge in [-0.1, -0.05) is 36.4 Å². The van der Waals surface area contributed by atoms with E-state index >= 15 is 0 Å². The number of nitrogens with zero attached hydrogens (tertiary/aromatic N) is 3. The Kier molecular flexibility index (Phi) is 4.68. The smallest absolute Gasteiger partial charge is 0.280 e. The highest BCUT2D eigenvalue weighted by molar-refractivity contribution is 6.04. The lowest BCUT2D eigenvalue weighted by atomic mass is 10.1. The molecule has 0 unspecified atom stereocenters. The second-order valence-corrected chi connectivity index (χ2v) is 6.23. The maximum atomic E-state index is 13.3. The van der Waals surface area contributed by atoms with Gasteiger partial charge in [-0.15, -0.1) is 0 Å². The molecule has 6 heteroatoms. The van der Waals surface area contributed by atoms with Crippen LogP contribution in [0.25, 0.3) is 16.9 Å². The molecule has 5 nitrogen and oxygen atoms in total. The SMILES string of the molecule is C/C(=N\c1ccccn1)c1c(-c2ccccc2)[nH]n(-c2ccc(F)cc2)c1=O. The maximum absolute atomic E-state index is 13.3. The van der Waals surface area contributed by atoms with Gasteiger partial charge in [-0.2, -0.15) is 0 Å². The highest BCUT2D eigenvalue weighted by atomic mass is 19.1. The van der Waals surface area contributed by atoms with Crippen molar-refractivity contribution in [1.29, 1.82) is 0 Å². The summed E-state index contributed by atoms with van der Waals surface area (Å²) in [6, 6.07) is 20.7. The average molecular weight is 372 g/mol. The van der Waals surface area contributed by atoms with Gasteiger partial charge >= 0.3 is 0 Å². The second-order valence-electron chi connectivity index (χ2n) is 6.23. The fourth-order valence-corrected chi connectivity index (χ4v) is 3.01. The van der Waals surface area contributed by atoms with E-state index in [9.17, 15) is 9.18 Å². The van der Waals surface area contributed by atoms with Gasteiger partial charge in [-0.3, -0.25) is 9.89 Å². The van der Waals surface area contributed by atoms with Crippen LogP contribution in [0.3, 0.4) is 0 Å². The number of aromatic nitrogens is 3. The van der Waals surface area contributed by atoms with Crippen LogP contribution in [-0.4, -0.2) is 20.5 Å². The number of halogens is 1. The number of nitrogens with one attached hydrogen (secondary N) is 1. The van der Waals surface area contributed by atoms with Crippen molar-refractivity contribution in [3.05, 3.63) is 101 Å². The molecule has 1 N–H and O–H groups in total. The average Bonchev–Trinajstić information content (AvgIpc) is 3.07. The minimum Gasteiger partial charge on any atom is -0.290 e. The number of hydrogen-bond donors (Lipinski definition) is 1. The number of H-pyrrole nitrogens is 1. The first-order valence-corrected chi connectivity index (χ1v) is 8.76. The molecule has 0 aliphatic heterocycles. The molecule has 0 fully saturated rings. The highest BCUT2D eigenvalue weighted by Crippen LogP contribution is 2.22. The molecule has 0 atom stereocenters. The first kappa shape index (κ1) is 17.6. The monoisotopic (exact) mass is 372 g/mol. The van der Waals surface area contributed by atoms with Crippen molar-refractivity contribution >= 4 is 11.5 Å². The van der Waals surface area contributed by atoms with Crippen molar-refractivity contribution in [2.75, 3.05) is 0 Å². The molecule has 0 aliphatic rings. The molecule has 0 radical (unpaired) electrons. The van der Waals surface area contributed by atoms with Gasteiger partial charge in [0.25, 0.3) is 5.56 Å². The van der Waals surface area contributed by atoms with E-state index in [0.29, 0.717) is 28.5 Å². The van der Waals surface area contributed by atoms with Gasteiger partial charge in [0.1, 0.15) is 5.82 Å². The molecule has 4 rings (SSSR count). The van der Waals surface area contributed by atoms with Crippen molar-refractivity contribution in [1.82, 2.24) is 14.8 Å². The maximum Gasteiger partial charge on any atom is 0.280 e. The van der Waals surface area contributed by atoms with Crippen molar-refractivity contribution < 1.29 is 4.39 Å². The minimum atomic E-state index is -0.361. The van der Waals surface area contributed by atoms with Crippen molar-refractivity contribution in [3.63, 3.8) is 0 Å². The lowest BCUT2D eigenvalue weighted by molar-refractivity contribution is 0.627. The Labute approximate surface area is 160 Å². The van der Waals surface area contributed by atoms with Crippen LogP contribution in [-0.2, 0) is 0 Å². The fourth-order valence-electron chi connectivity index (χ4n) is 3.01. The van der Waals surface area contributed by atoms with Crippen LogP contribution >= 0.6 is 0 Å². The summed E-state index contributed by atoms with van der Waals surface area (Å²) in [7, 11) is 0. The van der Waals surface area contributed by atoms with Gasteiger partial charge in [0.15, 0.2) is 5.82 Å². The van der Waals surface area contributed by atoms with Gasteiger partial charge < -0.3 is 0 Å². The summed E-state index contributed by atoms with van der Waals surface area (Å²) in [5, 5.41) is 3.15. The molecule has 28 heavy (non-hydrogen) atoms. The molecular formula is C22H17FN4O. The van der Waals surface area contributed by atoms with Crippen LogP contribution in [0.15, 0.2) is 88.8 Å². The molecule has 4 aromatic rings. The predicted octanol–water partition coefficient (Wildman–Crippen LogP) is 4.51. The number of benzene rings is 2. The summed E-state index contributed by atoms with van der Waals surface area (Å²) in [6.07, 6.45) is 1.65. The molecule has 0 saturated carbocycles. The zero-order valence-electron chi connectivity index (χ0n) is 15.1. The van der Waals surface area contributed by atoms with Crippen LogP contribution in [0.1, 0.15) is 12.5 Å². The molecular weight excluding hydrogens is 355 g/mol. The summed E-state index contributed by atoms with van der Waals surface area (Å²) in [5.74, 6) is 0.160. The van der Waals surface area contributed by atoms with Gasteiger partial charge in [-0.05, 0) is 43.3 Å². The molecule has 0 saturated heterocycles. The first-order valence-electron chi connectivity index (χ1n) is 8.76. The van der Waals surface area contributed by atoms with E-state index in [1.165, 1.54) is 16.8 Å². The van der Waals surface area contributed by atoms with Crippen LogP contribution in [0.2, 0.25) is 0 Å². The lowest BCUT2D eigenvalue weighted by Gasteiger charge is -2.03. The number of aliphatic imine (C=N–C) groups is 1. The van der Waals surface area contributed by atoms with Crippen LogP contribution < -0.4 is 5.56 Å². The molecule has 0 bridgehead atoms. The van der Waals surface area contributed by atoms with Gasteiger partial charge in [-0.25, -0.2) is 19.0 Å². The Balaban J connectivity index is 1.92. The lowest BCUT2D eigenvalue weighted by Crippen LogP contribution is -2.19. The number of pyridine rings is 1. The summed E-state index contributed by atoms with van der Waals surface area (Å²) >= 11 is 0. The molecule has 2 aromatic carbocycles. The Morgan fingerprint density at radius 2 is 1.71 bits per heavy atom. The Bertz CT molecular complexity index is 1180. The number of rotatable bonds is 4. The molecule has 0 spiro atoms. The van der Waals surface area contributed by atoms with Crippen molar-refractivity contribution in [3.8, 4) is 16.9 Å². The normalized spacial score (nSPS) is 11.6. The van der Waals surface area contributed by atoms with Crippen LogP contribution in [0.4, 0.5) is 10.2 Å². The van der Waals surface area contributed by atoms with E-state index in [-0.39, 0.29) is 11.4 Å². The highest BCUT2D eigenvalue weighted by Gasteiger charge is 2.19. The third kappa shape index (κ3) is 3.40. The van der Waals surface area contributed by atoms with Gasteiger partial charge in [0, 0.05) is 11.8 Å². The van der Waals surface area contributed by atoms with E-state index in [1.54, 1.807) is 31.3 Å². The molecule has 0 aliphatic carbocycles. The summed E-state index contributed by atoms with van der Waals surface area (Å²) in [4.78, 5) is 21.9. The topological polar surface area (TPSA) is 63.0 Å². The summed E-state index contributed by atoms with van der Waals surface area (Å²) in [6.45, 7) is 1.78. The zero-order chi connectivity index (χ0) is 19.5. The van der Waals surface area contributed by atoms with E-state index in [2.05, 4.69) is 15.1 Å². The fraction of sp³-hybridized carbons (Fsp3) is 0.0455. The Hall–Kier alpha value is -3.80. The first-order chi connectivity index (χ1) is 13.6. The largest absolute Gasteiger partial charge is 0.290 e. The second kappa shape index (κ2) is 7.44. The van der Waals surface area contributed by atoms with Crippen LogP contribution in [0, 0.1) is 5.82 Å². The van der Waals surface area contributed by atoms with Crippen molar-refractivity contribution in [2.45, 2.75) is 6.92 Å². The van der Waals surface area contributed by atoms with Crippen LogP contribution in [0.5, 0.6) is 0 Å².